The minimum absolute atomic E-state index is 0.0723. The van der Waals surface area contributed by atoms with Crippen LogP contribution in [0.5, 0.6) is 0 Å². The van der Waals surface area contributed by atoms with Crippen molar-refractivity contribution in [2.45, 2.75) is 25.7 Å². The van der Waals surface area contributed by atoms with Gasteiger partial charge in [0, 0.05) is 48.0 Å². The fourth-order valence-electron chi connectivity index (χ4n) is 5.02. The maximum Gasteiger partial charge on any atom is 0.303 e. The minimum Gasteiger partial charge on any atom is -0.481 e. The Kier molecular flexibility index (Phi) is 7.55. The Balaban J connectivity index is 1.28. The van der Waals surface area contributed by atoms with Crippen LogP contribution in [-0.2, 0) is 27.2 Å². The van der Waals surface area contributed by atoms with E-state index in [0.29, 0.717) is 18.9 Å². The highest BCUT2D eigenvalue weighted by atomic mass is 16.5. The summed E-state index contributed by atoms with van der Waals surface area (Å²) in [5, 5.41) is 12.7. The number of amides is 1. The zero-order valence-electron chi connectivity index (χ0n) is 22.5. The summed E-state index contributed by atoms with van der Waals surface area (Å²) in [6.07, 6.45) is 5.14. The van der Waals surface area contributed by atoms with Crippen LogP contribution >= 0.6 is 0 Å². The number of aryl methyl sites for hydroxylation is 2. The molecule has 0 radical (unpaired) electrons. The van der Waals surface area contributed by atoms with Crippen LogP contribution in [-0.4, -0.2) is 62.6 Å². The number of carbonyl (C=O) groups is 2. The number of carboxylic acid groups (broad SMARTS) is 1. The van der Waals surface area contributed by atoms with E-state index in [1.165, 1.54) is 0 Å². The lowest BCUT2D eigenvalue weighted by atomic mass is 10.1. The highest BCUT2D eigenvalue weighted by Gasteiger charge is 2.20. The molecule has 10 heteroatoms. The fraction of sp³-hybridized carbons (Fsp3) is 0.258. The molecule has 1 aliphatic rings. The van der Waals surface area contributed by atoms with Gasteiger partial charge in [-0.25, -0.2) is 9.97 Å². The van der Waals surface area contributed by atoms with Crippen molar-refractivity contribution < 1.29 is 19.4 Å². The molecule has 0 aliphatic carbocycles. The van der Waals surface area contributed by atoms with Crippen molar-refractivity contribution >= 4 is 39.9 Å². The van der Waals surface area contributed by atoms with Gasteiger partial charge >= 0.3 is 5.97 Å². The van der Waals surface area contributed by atoms with E-state index >= 15 is 0 Å². The second kappa shape index (κ2) is 11.7. The molecule has 1 fully saturated rings. The number of morpholine rings is 1. The number of ether oxygens (including phenoxy) is 1. The SMILES string of the molecule is O=C(O)CCC(=O)Nc1ccc(-c2cnc(N3CCOCC3)c3nc(CCc4ccc5ccccc5n4)cn23)cc1. The summed E-state index contributed by atoms with van der Waals surface area (Å²) in [6.45, 7) is 2.80. The van der Waals surface area contributed by atoms with Gasteiger partial charge in [-0.05, 0) is 37.1 Å². The first-order valence-corrected chi connectivity index (χ1v) is 13.7. The number of nitrogens with one attached hydrogen (secondary N) is 1. The smallest absolute Gasteiger partial charge is 0.303 e. The number of carboxylic acids is 1. The second-order valence-electron chi connectivity index (χ2n) is 10.0. The molecule has 41 heavy (non-hydrogen) atoms. The van der Waals surface area contributed by atoms with Crippen LogP contribution < -0.4 is 10.2 Å². The maximum atomic E-state index is 12.1. The molecule has 6 rings (SSSR count). The third kappa shape index (κ3) is 6.02. The Morgan fingerprint density at radius 1 is 0.902 bits per heavy atom. The molecule has 0 atom stereocenters. The van der Waals surface area contributed by atoms with Gasteiger partial charge in [0.1, 0.15) is 0 Å². The Labute approximate surface area is 236 Å². The summed E-state index contributed by atoms with van der Waals surface area (Å²) < 4.78 is 7.64. The number of aliphatic carboxylic acids is 1. The van der Waals surface area contributed by atoms with Crippen LogP contribution in [0, 0.1) is 0 Å². The number of anilines is 2. The molecule has 10 nitrogen and oxygen atoms in total. The number of fused-ring (bicyclic) bond motifs is 2. The van der Waals surface area contributed by atoms with Crippen LogP contribution in [0.25, 0.3) is 27.8 Å². The predicted molar refractivity (Wildman–Crippen MR) is 156 cm³/mol. The van der Waals surface area contributed by atoms with E-state index in [0.717, 1.165) is 70.9 Å². The summed E-state index contributed by atoms with van der Waals surface area (Å²) >= 11 is 0. The molecule has 1 aliphatic heterocycles. The molecule has 5 aromatic rings. The van der Waals surface area contributed by atoms with E-state index in [-0.39, 0.29) is 18.7 Å². The quantitative estimate of drug-likeness (QED) is 0.278. The first-order valence-electron chi connectivity index (χ1n) is 13.7. The van der Waals surface area contributed by atoms with Crippen molar-refractivity contribution in [2.24, 2.45) is 0 Å². The van der Waals surface area contributed by atoms with Crippen LogP contribution in [0.4, 0.5) is 11.5 Å². The first-order chi connectivity index (χ1) is 20.0. The summed E-state index contributed by atoms with van der Waals surface area (Å²) in [5.74, 6) is -0.505. The van der Waals surface area contributed by atoms with E-state index in [1.807, 2.05) is 36.5 Å². The highest BCUT2D eigenvalue weighted by Crippen LogP contribution is 2.28. The second-order valence-corrected chi connectivity index (χ2v) is 10.0. The van der Waals surface area contributed by atoms with E-state index < -0.39 is 5.97 Å². The molecule has 0 unspecified atom stereocenters. The van der Waals surface area contributed by atoms with Crippen LogP contribution in [0.15, 0.2) is 73.1 Å². The highest BCUT2D eigenvalue weighted by molar-refractivity contribution is 5.92. The lowest BCUT2D eigenvalue weighted by molar-refractivity contribution is -0.138. The number of nitrogens with zero attached hydrogens (tertiary/aromatic N) is 5. The zero-order valence-corrected chi connectivity index (χ0v) is 22.5. The monoisotopic (exact) mass is 550 g/mol. The van der Waals surface area contributed by atoms with Gasteiger partial charge in [0.25, 0.3) is 0 Å². The summed E-state index contributed by atoms with van der Waals surface area (Å²) in [7, 11) is 0. The third-order valence-electron chi connectivity index (χ3n) is 7.16. The van der Waals surface area contributed by atoms with E-state index in [4.69, 9.17) is 24.8 Å². The number of hydrogen-bond donors (Lipinski definition) is 2. The van der Waals surface area contributed by atoms with Crippen LogP contribution in [0.1, 0.15) is 24.2 Å². The number of imidazole rings is 1. The van der Waals surface area contributed by atoms with Gasteiger partial charge in [-0.1, -0.05) is 36.4 Å². The van der Waals surface area contributed by atoms with Crippen molar-refractivity contribution in [2.75, 3.05) is 36.5 Å². The lowest BCUT2D eigenvalue weighted by Crippen LogP contribution is -2.37. The number of pyridine rings is 1. The maximum absolute atomic E-state index is 12.1. The molecule has 2 N–H and O–H groups in total. The minimum atomic E-state index is -0.999. The molecule has 4 heterocycles. The zero-order chi connectivity index (χ0) is 28.2. The molecule has 208 valence electrons. The largest absolute Gasteiger partial charge is 0.481 e. The predicted octanol–water partition coefficient (Wildman–Crippen LogP) is 4.37. The molecule has 0 bridgehead atoms. The molecular weight excluding hydrogens is 520 g/mol. The summed E-state index contributed by atoms with van der Waals surface area (Å²) in [6, 6.07) is 19.7. The number of rotatable bonds is 9. The number of carbonyl (C=O) groups excluding carboxylic acids is 1. The van der Waals surface area contributed by atoms with Crippen molar-refractivity contribution in [3.05, 3.63) is 84.4 Å². The molecule has 1 amide bonds. The average Bonchev–Trinajstić information content (AvgIpc) is 3.44. The van der Waals surface area contributed by atoms with Crippen molar-refractivity contribution in [3.63, 3.8) is 0 Å². The topological polar surface area (TPSA) is 122 Å². The van der Waals surface area contributed by atoms with Crippen LogP contribution in [0.2, 0.25) is 0 Å². The Bertz CT molecular complexity index is 1710. The molecule has 3 aromatic heterocycles. The number of hydrogen-bond acceptors (Lipinski definition) is 7. The lowest BCUT2D eigenvalue weighted by Gasteiger charge is -2.28. The summed E-state index contributed by atoms with van der Waals surface area (Å²) in [4.78, 5) is 39.7. The average molecular weight is 551 g/mol. The number of benzene rings is 2. The van der Waals surface area contributed by atoms with Crippen molar-refractivity contribution in [1.29, 1.82) is 0 Å². The van der Waals surface area contributed by atoms with Gasteiger partial charge in [-0.15, -0.1) is 0 Å². The number of para-hydroxylation sites is 1. The van der Waals surface area contributed by atoms with E-state index in [9.17, 15) is 9.59 Å². The molecular formula is C31H30N6O4. The summed E-state index contributed by atoms with van der Waals surface area (Å²) in [5.41, 5.74) is 6.15. The van der Waals surface area contributed by atoms with E-state index in [1.54, 1.807) is 12.1 Å². The van der Waals surface area contributed by atoms with Crippen LogP contribution in [0.3, 0.4) is 0 Å². The Morgan fingerprint density at radius 2 is 1.68 bits per heavy atom. The van der Waals surface area contributed by atoms with Crippen molar-refractivity contribution in [3.8, 4) is 11.3 Å². The number of aromatic nitrogens is 4. The Morgan fingerprint density at radius 3 is 2.49 bits per heavy atom. The molecule has 0 saturated carbocycles. The molecule has 0 spiro atoms. The standard InChI is InChI=1S/C31H30N6O4/c38-28(13-14-29(39)40)34-24-9-6-22(7-10-24)27-19-32-30(36-15-17-41-18-16-36)31-35-25(20-37(27)31)12-11-23-8-5-21-3-1-2-4-26(21)33-23/h1-10,19-20H,11-18H2,(H,34,38)(H,39,40). The third-order valence-corrected chi connectivity index (χ3v) is 7.16. The van der Waals surface area contributed by atoms with Gasteiger partial charge in [0.05, 0.1) is 42.7 Å². The van der Waals surface area contributed by atoms with Gasteiger partial charge in [-0.3, -0.25) is 19.0 Å². The van der Waals surface area contributed by atoms with E-state index in [2.05, 4.69) is 39.0 Å². The fourth-order valence-corrected chi connectivity index (χ4v) is 5.02. The Hall–Kier alpha value is -4.83. The molecule has 1 saturated heterocycles. The van der Waals surface area contributed by atoms with Gasteiger partial charge in [-0.2, -0.15) is 0 Å². The van der Waals surface area contributed by atoms with Gasteiger partial charge in [0.2, 0.25) is 5.91 Å². The van der Waals surface area contributed by atoms with Gasteiger partial charge in [0.15, 0.2) is 11.5 Å². The molecule has 2 aromatic carbocycles. The first kappa shape index (κ1) is 26.4. The normalized spacial score (nSPS) is 13.5. The van der Waals surface area contributed by atoms with Crippen molar-refractivity contribution in [1.82, 2.24) is 19.4 Å². The van der Waals surface area contributed by atoms with Gasteiger partial charge < -0.3 is 20.1 Å².